The van der Waals surface area contributed by atoms with E-state index in [1.165, 1.54) is 51.2 Å². The average Bonchev–Trinajstić information content (AvgIpc) is 3.41. The SMILES string of the molecule is Cc1sc2ncn(NC(=O)CSCc3cc(=O)n4ccsc4n3)c(=O)c2c1-c1ccccc1. The minimum atomic E-state index is -0.342. The number of aryl methyl sites for hydroxylation is 1. The van der Waals surface area contributed by atoms with Gasteiger partial charge in [0.1, 0.15) is 11.2 Å². The monoisotopic (exact) mass is 495 g/mol. The first-order valence-electron chi connectivity index (χ1n) is 9.91. The van der Waals surface area contributed by atoms with Gasteiger partial charge in [-0.1, -0.05) is 30.3 Å². The highest BCUT2D eigenvalue weighted by Gasteiger charge is 2.17. The van der Waals surface area contributed by atoms with Gasteiger partial charge in [-0.3, -0.25) is 24.2 Å². The fourth-order valence-electron chi connectivity index (χ4n) is 3.51. The molecule has 8 nitrogen and oxygen atoms in total. The Morgan fingerprint density at radius 1 is 1.21 bits per heavy atom. The first-order chi connectivity index (χ1) is 16.0. The van der Waals surface area contributed by atoms with E-state index in [0.29, 0.717) is 26.6 Å². The van der Waals surface area contributed by atoms with Crippen LogP contribution >= 0.6 is 34.4 Å². The largest absolute Gasteiger partial charge is 0.281 e. The molecule has 166 valence electrons. The van der Waals surface area contributed by atoms with Crippen LogP contribution in [0.15, 0.2) is 63.9 Å². The van der Waals surface area contributed by atoms with Crippen molar-refractivity contribution >= 4 is 55.5 Å². The second-order valence-electron chi connectivity index (χ2n) is 7.17. The Bertz CT molecular complexity index is 1600. The summed E-state index contributed by atoms with van der Waals surface area (Å²) in [7, 11) is 0. The third-order valence-electron chi connectivity index (χ3n) is 4.94. The van der Waals surface area contributed by atoms with Crippen molar-refractivity contribution in [3.63, 3.8) is 0 Å². The van der Waals surface area contributed by atoms with E-state index in [4.69, 9.17) is 0 Å². The molecule has 0 aliphatic carbocycles. The summed E-state index contributed by atoms with van der Waals surface area (Å²) in [5, 5.41) is 2.29. The summed E-state index contributed by atoms with van der Waals surface area (Å²) in [6.45, 7) is 1.96. The molecular weight excluding hydrogens is 478 g/mol. The van der Waals surface area contributed by atoms with Crippen molar-refractivity contribution < 1.29 is 4.79 Å². The molecule has 0 bridgehead atoms. The standard InChI is InChI=1S/C22H17N5O3S3/c1-13-18(14-5-3-2-4-6-14)19-20(33-13)23-12-27(21(19)30)25-16(28)11-31-10-15-9-17(29)26-7-8-32-22(26)24-15/h2-9,12H,10-11H2,1H3,(H,25,28). The molecule has 0 aliphatic rings. The van der Waals surface area contributed by atoms with Crippen LogP contribution in [0, 0.1) is 6.92 Å². The van der Waals surface area contributed by atoms with Gasteiger partial charge in [0.05, 0.1) is 16.8 Å². The van der Waals surface area contributed by atoms with Crippen molar-refractivity contribution in [2.45, 2.75) is 12.7 Å². The fraction of sp³-hybridized carbons (Fsp3) is 0.136. The number of benzene rings is 1. The number of thiazole rings is 1. The van der Waals surface area contributed by atoms with Crippen molar-refractivity contribution in [2.24, 2.45) is 0 Å². The summed E-state index contributed by atoms with van der Waals surface area (Å²) >= 11 is 4.15. The predicted molar refractivity (Wildman–Crippen MR) is 134 cm³/mol. The number of nitrogens with zero attached hydrogens (tertiary/aromatic N) is 4. The molecule has 0 radical (unpaired) electrons. The number of aromatic nitrogens is 4. The molecule has 0 fully saturated rings. The van der Waals surface area contributed by atoms with Gasteiger partial charge in [0.15, 0.2) is 4.96 Å². The maximum absolute atomic E-state index is 13.2. The molecule has 33 heavy (non-hydrogen) atoms. The van der Waals surface area contributed by atoms with Crippen LogP contribution in [0.3, 0.4) is 0 Å². The lowest BCUT2D eigenvalue weighted by molar-refractivity contribution is -0.114. The Hall–Kier alpha value is -3.28. The van der Waals surface area contributed by atoms with Crippen LogP contribution in [-0.4, -0.2) is 30.7 Å². The van der Waals surface area contributed by atoms with E-state index in [0.717, 1.165) is 20.7 Å². The quantitative estimate of drug-likeness (QED) is 0.387. The van der Waals surface area contributed by atoms with E-state index in [2.05, 4.69) is 15.4 Å². The molecule has 0 atom stereocenters. The van der Waals surface area contributed by atoms with E-state index in [1.807, 2.05) is 37.3 Å². The van der Waals surface area contributed by atoms with E-state index >= 15 is 0 Å². The third-order valence-corrected chi connectivity index (χ3v) is 7.67. The first kappa shape index (κ1) is 21.6. The highest BCUT2D eigenvalue weighted by atomic mass is 32.2. The first-order valence-corrected chi connectivity index (χ1v) is 12.8. The number of fused-ring (bicyclic) bond motifs is 2. The summed E-state index contributed by atoms with van der Waals surface area (Å²) in [6, 6.07) is 11.1. The van der Waals surface area contributed by atoms with Gasteiger partial charge in [-0.15, -0.1) is 34.4 Å². The van der Waals surface area contributed by atoms with Crippen molar-refractivity contribution in [1.82, 2.24) is 19.0 Å². The molecule has 4 heterocycles. The molecule has 11 heteroatoms. The molecule has 1 amide bonds. The highest BCUT2D eigenvalue weighted by molar-refractivity contribution is 7.99. The van der Waals surface area contributed by atoms with Crippen LogP contribution in [0.1, 0.15) is 10.6 Å². The number of thioether (sulfide) groups is 1. The van der Waals surface area contributed by atoms with Crippen molar-refractivity contribution in [3.8, 4) is 11.1 Å². The third kappa shape index (κ3) is 4.22. The summed E-state index contributed by atoms with van der Waals surface area (Å²) in [5.41, 5.74) is 4.54. The topological polar surface area (TPSA) is 98.4 Å². The summed E-state index contributed by atoms with van der Waals surface area (Å²) < 4.78 is 2.61. The van der Waals surface area contributed by atoms with Crippen LogP contribution < -0.4 is 16.5 Å². The van der Waals surface area contributed by atoms with Gasteiger partial charge in [-0.2, -0.15) is 0 Å². The van der Waals surface area contributed by atoms with Crippen LogP contribution in [0.2, 0.25) is 0 Å². The minimum Gasteiger partial charge on any atom is -0.272 e. The highest BCUT2D eigenvalue weighted by Crippen LogP contribution is 2.35. The molecule has 0 unspecified atom stereocenters. The van der Waals surface area contributed by atoms with E-state index in [1.54, 1.807) is 11.6 Å². The average molecular weight is 496 g/mol. The molecule has 0 aliphatic heterocycles. The van der Waals surface area contributed by atoms with Gasteiger partial charge in [0, 0.05) is 33.8 Å². The van der Waals surface area contributed by atoms with E-state index in [9.17, 15) is 14.4 Å². The van der Waals surface area contributed by atoms with Crippen molar-refractivity contribution in [1.29, 1.82) is 0 Å². The minimum absolute atomic E-state index is 0.101. The summed E-state index contributed by atoms with van der Waals surface area (Å²) in [6.07, 6.45) is 3.02. The molecule has 5 aromatic rings. The number of thiophene rings is 1. The van der Waals surface area contributed by atoms with E-state index < -0.39 is 0 Å². The molecule has 5 rings (SSSR count). The van der Waals surface area contributed by atoms with Crippen LogP contribution in [0.5, 0.6) is 0 Å². The van der Waals surface area contributed by atoms with Crippen LogP contribution in [-0.2, 0) is 10.5 Å². The van der Waals surface area contributed by atoms with Crippen molar-refractivity contribution in [2.75, 3.05) is 11.2 Å². The molecule has 1 aromatic carbocycles. The molecule has 0 saturated heterocycles. The number of rotatable bonds is 6. The number of hydrogen-bond donors (Lipinski definition) is 1. The summed E-state index contributed by atoms with van der Waals surface area (Å²) in [4.78, 5) is 48.8. The Kier molecular flexibility index (Phi) is 5.83. The van der Waals surface area contributed by atoms with Crippen molar-refractivity contribution in [3.05, 3.63) is 85.6 Å². The smallest absolute Gasteiger partial charge is 0.272 e. The lowest BCUT2D eigenvalue weighted by Crippen LogP contribution is -2.34. The maximum atomic E-state index is 13.2. The number of amides is 1. The molecule has 1 N–H and O–H groups in total. The van der Waals surface area contributed by atoms with Crippen LogP contribution in [0.25, 0.3) is 26.3 Å². The number of hydrogen-bond acceptors (Lipinski definition) is 8. The Labute approximate surface area is 199 Å². The zero-order valence-electron chi connectivity index (χ0n) is 17.3. The fourth-order valence-corrected chi connectivity index (χ4v) is 5.96. The second-order valence-corrected chi connectivity index (χ2v) is 10.2. The van der Waals surface area contributed by atoms with Gasteiger partial charge < -0.3 is 0 Å². The zero-order valence-corrected chi connectivity index (χ0v) is 19.8. The molecule has 4 aromatic heterocycles. The maximum Gasteiger partial charge on any atom is 0.281 e. The van der Waals surface area contributed by atoms with Gasteiger partial charge in [-0.05, 0) is 12.5 Å². The van der Waals surface area contributed by atoms with Gasteiger partial charge in [0.2, 0.25) is 5.91 Å². The Morgan fingerprint density at radius 3 is 2.85 bits per heavy atom. The number of carbonyl (C=O) groups excluding carboxylic acids is 1. The number of nitrogens with one attached hydrogen (secondary N) is 1. The normalized spacial score (nSPS) is 11.3. The predicted octanol–water partition coefficient (Wildman–Crippen LogP) is 3.51. The van der Waals surface area contributed by atoms with Gasteiger partial charge >= 0.3 is 0 Å². The second kappa shape index (κ2) is 8.93. The lowest BCUT2D eigenvalue weighted by Gasteiger charge is -2.08. The van der Waals surface area contributed by atoms with Gasteiger partial charge in [-0.25, -0.2) is 14.6 Å². The molecule has 0 saturated carbocycles. The Morgan fingerprint density at radius 2 is 2.03 bits per heavy atom. The zero-order chi connectivity index (χ0) is 22.9. The van der Waals surface area contributed by atoms with Gasteiger partial charge in [0.25, 0.3) is 11.1 Å². The van der Waals surface area contributed by atoms with E-state index in [-0.39, 0.29) is 22.8 Å². The molecular formula is C22H17N5O3S3. The molecule has 0 spiro atoms. The lowest BCUT2D eigenvalue weighted by atomic mass is 10.0. The Balaban J connectivity index is 1.32. The number of carbonyl (C=O) groups is 1. The van der Waals surface area contributed by atoms with Crippen LogP contribution in [0.4, 0.5) is 0 Å². The summed E-state index contributed by atoms with van der Waals surface area (Å²) in [5.74, 6) is 0.167.